The first-order valence-corrected chi connectivity index (χ1v) is 8.00. The van der Waals surface area contributed by atoms with Gasteiger partial charge in [0, 0.05) is 17.4 Å². The molecule has 3 rings (SSSR count). The quantitative estimate of drug-likeness (QED) is 0.715. The van der Waals surface area contributed by atoms with Crippen molar-refractivity contribution in [1.29, 1.82) is 0 Å². The van der Waals surface area contributed by atoms with Gasteiger partial charge < -0.3 is 10.3 Å². The molecule has 3 aromatic rings. The zero-order chi connectivity index (χ0) is 16.4. The van der Waals surface area contributed by atoms with Crippen LogP contribution in [0.15, 0.2) is 48.7 Å². The Morgan fingerprint density at radius 3 is 2.78 bits per heavy atom. The summed E-state index contributed by atoms with van der Waals surface area (Å²) in [5.74, 6) is 0.396. The lowest BCUT2D eigenvalue weighted by Crippen LogP contribution is -2.16. The Bertz CT molecular complexity index is 846. The van der Waals surface area contributed by atoms with Gasteiger partial charge in [0.1, 0.15) is 0 Å². The Morgan fingerprint density at radius 2 is 2.00 bits per heavy atom. The molecule has 1 heterocycles. The molecule has 118 valence electrons. The van der Waals surface area contributed by atoms with Crippen LogP contribution in [-0.4, -0.2) is 10.9 Å². The van der Waals surface area contributed by atoms with Gasteiger partial charge in [0.25, 0.3) is 0 Å². The van der Waals surface area contributed by atoms with Crippen LogP contribution in [0.4, 0.5) is 5.69 Å². The maximum Gasteiger partial charge on any atom is 0.228 e. The standard InChI is InChI=1S/C20H22N2O/c1-13(2)17-6-4-5-14(3)20(17)22-19(23)12-15-7-8-16-9-10-21-18(16)11-15/h4-11,13,21H,12H2,1-3H3,(H,22,23). The number of anilines is 1. The summed E-state index contributed by atoms with van der Waals surface area (Å²) in [5.41, 5.74) is 5.31. The summed E-state index contributed by atoms with van der Waals surface area (Å²) in [6, 6.07) is 14.3. The minimum atomic E-state index is 0.0205. The molecule has 0 aliphatic carbocycles. The summed E-state index contributed by atoms with van der Waals surface area (Å²) in [6.07, 6.45) is 2.29. The van der Waals surface area contributed by atoms with Crippen molar-refractivity contribution in [3.05, 3.63) is 65.4 Å². The number of hydrogen-bond acceptors (Lipinski definition) is 1. The smallest absolute Gasteiger partial charge is 0.228 e. The van der Waals surface area contributed by atoms with E-state index in [2.05, 4.69) is 30.2 Å². The molecule has 0 saturated carbocycles. The summed E-state index contributed by atoms with van der Waals surface area (Å²) in [5, 5.41) is 4.26. The van der Waals surface area contributed by atoms with Gasteiger partial charge >= 0.3 is 0 Å². The number of para-hydroxylation sites is 1. The van der Waals surface area contributed by atoms with E-state index in [9.17, 15) is 4.79 Å². The number of carbonyl (C=O) groups excluding carboxylic acids is 1. The summed E-state index contributed by atoms with van der Waals surface area (Å²) in [6.45, 7) is 6.32. The number of nitrogens with one attached hydrogen (secondary N) is 2. The van der Waals surface area contributed by atoms with Crippen LogP contribution in [0.2, 0.25) is 0 Å². The lowest BCUT2D eigenvalue weighted by atomic mass is 9.98. The fourth-order valence-electron chi connectivity index (χ4n) is 2.92. The first-order valence-electron chi connectivity index (χ1n) is 8.00. The number of fused-ring (bicyclic) bond motifs is 1. The second kappa shape index (κ2) is 6.29. The third-order valence-corrected chi connectivity index (χ3v) is 4.18. The molecule has 0 aliphatic rings. The van der Waals surface area contributed by atoms with Crippen molar-refractivity contribution in [3.63, 3.8) is 0 Å². The minimum absolute atomic E-state index is 0.0205. The first-order chi connectivity index (χ1) is 11.0. The predicted octanol–water partition coefficient (Wildman–Crippen LogP) is 4.78. The van der Waals surface area contributed by atoms with Crippen LogP contribution < -0.4 is 5.32 Å². The topological polar surface area (TPSA) is 44.9 Å². The Morgan fingerprint density at radius 1 is 1.17 bits per heavy atom. The molecular weight excluding hydrogens is 284 g/mol. The van der Waals surface area contributed by atoms with Gasteiger partial charge in [-0.2, -0.15) is 0 Å². The molecule has 0 saturated heterocycles. The van der Waals surface area contributed by atoms with Gasteiger partial charge in [0.2, 0.25) is 5.91 Å². The molecule has 23 heavy (non-hydrogen) atoms. The molecule has 1 aromatic heterocycles. The molecule has 0 atom stereocenters. The van der Waals surface area contributed by atoms with E-state index in [0.29, 0.717) is 12.3 Å². The number of carbonyl (C=O) groups is 1. The van der Waals surface area contributed by atoms with Crippen LogP contribution in [0.5, 0.6) is 0 Å². The Hall–Kier alpha value is -2.55. The molecule has 3 heteroatoms. The molecule has 0 aliphatic heterocycles. The number of aromatic amines is 1. The van der Waals surface area contributed by atoms with E-state index in [1.54, 1.807) is 0 Å². The maximum absolute atomic E-state index is 12.5. The normalized spacial score (nSPS) is 11.1. The Balaban J connectivity index is 1.79. The molecule has 0 fully saturated rings. The zero-order valence-electron chi connectivity index (χ0n) is 13.8. The van der Waals surface area contributed by atoms with E-state index in [1.807, 2.05) is 49.5 Å². The number of amides is 1. The predicted molar refractivity (Wildman–Crippen MR) is 95.9 cm³/mol. The Kier molecular flexibility index (Phi) is 4.20. The molecule has 0 radical (unpaired) electrons. The number of rotatable bonds is 4. The van der Waals surface area contributed by atoms with E-state index < -0.39 is 0 Å². The van der Waals surface area contributed by atoms with Crippen molar-refractivity contribution in [1.82, 2.24) is 4.98 Å². The van der Waals surface area contributed by atoms with Gasteiger partial charge in [0.05, 0.1) is 6.42 Å². The molecule has 0 bridgehead atoms. The van der Waals surface area contributed by atoms with Crippen molar-refractivity contribution in [2.24, 2.45) is 0 Å². The second-order valence-corrected chi connectivity index (χ2v) is 6.32. The lowest BCUT2D eigenvalue weighted by molar-refractivity contribution is -0.115. The van der Waals surface area contributed by atoms with Gasteiger partial charge in [-0.15, -0.1) is 0 Å². The van der Waals surface area contributed by atoms with Crippen molar-refractivity contribution < 1.29 is 4.79 Å². The number of hydrogen-bond donors (Lipinski definition) is 2. The van der Waals surface area contributed by atoms with Crippen molar-refractivity contribution in [3.8, 4) is 0 Å². The Labute approximate surface area is 136 Å². The van der Waals surface area contributed by atoms with Gasteiger partial charge in [0.15, 0.2) is 0 Å². The zero-order valence-corrected chi connectivity index (χ0v) is 13.8. The largest absolute Gasteiger partial charge is 0.361 e. The summed E-state index contributed by atoms with van der Waals surface area (Å²) in [4.78, 5) is 15.6. The highest BCUT2D eigenvalue weighted by molar-refractivity contribution is 5.94. The fourth-order valence-corrected chi connectivity index (χ4v) is 2.92. The van der Waals surface area contributed by atoms with Crippen LogP contribution in [-0.2, 0) is 11.2 Å². The maximum atomic E-state index is 12.5. The van der Waals surface area contributed by atoms with Crippen LogP contribution in [0.25, 0.3) is 10.9 Å². The summed E-state index contributed by atoms with van der Waals surface area (Å²) < 4.78 is 0. The van der Waals surface area contributed by atoms with Crippen LogP contribution in [0, 0.1) is 6.92 Å². The monoisotopic (exact) mass is 306 g/mol. The fraction of sp³-hybridized carbons (Fsp3) is 0.250. The van der Waals surface area contributed by atoms with Crippen LogP contribution >= 0.6 is 0 Å². The van der Waals surface area contributed by atoms with Crippen molar-refractivity contribution in [2.45, 2.75) is 33.1 Å². The van der Waals surface area contributed by atoms with E-state index in [0.717, 1.165) is 27.7 Å². The first kappa shape index (κ1) is 15.3. The van der Waals surface area contributed by atoms with E-state index in [-0.39, 0.29) is 5.91 Å². The third kappa shape index (κ3) is 3.29. The van der Waals surface area contributed by atoms with Crippen molar-refractivity contribution >= 4 is 22.5 Å². The molecule has 1 amide bonds. The highest BCUT2D eigenvalue weighted by Gasteiger charge is 2.12. The SMILES string of the molecule is Cc1cccc(C(C)C)c1NC(=O)Cc1ccc2cc[nH]c2c1. The summed E-state index contributed by atoms with van der Waals surface area (Å²) in [7, 11) is 0. The molecule has 0 spiro atoms. The van der Waals surface area contributed by atoms with Crippen molar-refractivity contribution in [2.75, 3.05) is 5.32 Å². The van der Waals surface area contributed by atoms with Gasteiger partial charge in [-0.1, -0.05) is 44.2 Å². The third-order valence-electron chi connectivity index (χ3n) is 4.18. The van der Waals surface area contributed by atoms with E-state index >= 15 is 0 Å². The highest BCUT2D eigenvalue weighted by atomic mass is 16.1. The minimum Gasteiger partial charge on any atom is -0.361 e. The number of aromatic nitrogens is 1. The molecule has 2 aromatic carbocycles. The molecule has 3 nitrogen and oxygen atoms in total. The number of aryl methyl sites for hydroxylation is 1. The molecular formula is C20H22N2O. The average Bonchev–Trinajstić information content (AvgIpc) is 2.96. The average molecular weight is 306 g/mol. The van der Waals surface area contributed by atoms with Gasteiger partial charge in [-0.25, -0.2) is 0 Å². The second-order valence-electron chi connectivity index (χ2n) is 6.32. The van der Waals surface area contributed by atoms with Crippen LogP contribution in [0.1, 0.15) is 36.5 Å². The van der Waals surface area contributed by atoms with E-state index in [1.165, 1.54) is 5.56 Å². The number of benzene rings is 2. The molecule has 0 unspecified atom stereocenters. The highest BCUT2D eigenvalue weighted by Crippen LogP contribution is 2.27. The lowest BCUT2D eigenvalue weighted by Gasteiger charge is -2.16. The van der Waals surface area contributed by atoms with Gasteiger partial charge in [-0.05, 0) is 47.1 Å². The summed E-state index contributed by atoms with van der Waals surface area (Å²) >= 11 is 0. The molecule has 2 N–H and O–H groups in total. The number of H-pyrrole nitrogens is 1. The van der Waals surface area contributed by atoms with Gasteiger partial charge in [-0.3, -0.25) is 4.79 Å². The van der Waals surface area contributed by atoms with Crippen LogP contribution in [0.3, 0.4) is 0 Å². The van der Waals surface area contributed by atoms with E-state index in [4.69, 9.17) is 0 Å².